The predicted octanol–water partition coefficient (Wildman–Crippen LogP) is 12.1. The Morgan fingerprint density at radius 3 is 1.66 bits per heavy atom. The normalized spacial score (nSPS) is 11.2. The van der Waals surface area contributed by atoms with Crippen LogP contribution in [0.5, 0.6) is 11.5 Å². The lowest BCUT2D eigenvalue weighted by Gasteiger charge is -2.10. The minimum atomic E-state index is -0.545. The summed E-state index contributed by atoms with van der Waals surface area (Å²) in [6.45, 7) is 11.7. The third-order valence-electron chi connectivity index (χ3n) is 8.39. The van der Waals surface area contributed by atoms with E-state index in [1.165, 1.54) is 128 Å². The van der Waals surface area contributed by atoms with E-state index in [1.807, 2.05) is 6.92 Å². The van der Waals surface area contributed by atoms with E-state index in [1.54, 1.807) is 12.1 Å². The van der Waals surface area contributed by atoms with Gasteiger partial charge in [0.05, 0.1) is 18.1 Å². The minimum absolute atomic E-state index is 0.0662. The van der Waals surface area contributed by atoms with Gasteiger partial charge >= 0.3 is 5.63 Å². The number of unbranched alkanes of at least 4 members (excludes halogenated alkanes) is 16. The van der Waals surface area contributed by atoms with Crippen LogP contribution in [0, 0.1) is 12.8 Å². The first-order valence-corrected chi connectivity index (χ1v) is 17.4. The zero-order chi connectivity index (χ0) is 30.1. The fraction of sp³-hybridized carbons (Fsp3) is 0.757. The first kappa shape index (κ1) is 37.1. The van der Waals surface area contributed by atoms with Crippen LogP contribution in [0.3, 0.4) is 0 Å². The lowest BCUT2D eigenvalue weighted by Crippen LogP contribution is -2.00. The third-order valence-corrected chi connectivity index (χ3v) is 8.39. The van der Waals surface area contributed by atoms with Crippen molar-refractivity contribution in [3.63, 3.8) is 0 Å². The van der Waals surface area contributed by atoms with Crippen LogP contribution in [-0.4, -0.2) is 11.7 Å². The van der Waals surface area contributed by atoms with Crippen molar-refractivity contribution in [2.45, 2.75) is 169 Å². The minimum Gasteiger partial charge on any atom is -0.507 e. The molecule has 4 nitrogen and oxygen atoms in total. The van der Waals surface area contributed by atoms with Crippen molar-refractivity contribution in [3.8, 4) is 11.5 Å². The van der Waals surface area contributed by atoms with Crippen LogP contribution in [0.4, 0.5) is 0 Å². The smallest absolute Gasteiger partial charge is 0.339 e. The Balaban J connectivity index is 0.000000803. The van der Waals surface area contributed by atoms with E-state index in [-0.39, 0.29) is 5.75 Å². The summed E-state index contributed by atoms with van der Waals surface area (Å²) in [6, 6.07) is 4.60. The maximum absolute atomic E-state index is 11.4. The molecule has 41 heavy (non-hydrogen) atoms. The molecule has 0 saturated carbocycles. The van der Waals surface area contributed by atoms with Crippen LogP contribution in [0.15, 0.2) is 27.4 Å². The fourth-order valence-corrected chi connectivity index (χ4v) is 5.45. The van der Waals surface area contributed by atoms with Crippen LogP contribution >= 0.6 is 0 Å². The van der Waals surface area contributed by atoms with Crippen molar-refractivity contribution in [2.75, 3.05) is 6.61 Å². The molecule has 2 rings (SSSR count). The lowest BCUT2D eigenvalue weighted by atomic mass is 9.97. The number of hydrogen-bond acceptors (Lipinski definition) is 4. The molecule has 1 aromatic heterocycles. The summed E-state index contributed by atoms with van der Waals surface area (Å²) in [7, 11) is 0. The monoisotopic (exact) mass is 572 g/mol. The highest BCUT2D eigenvalue weighted by Crippen LogP contribution is 2.30. The molecule has 0 bridgehead atoms. The number of fused-ring (bicyclic) bond motifs is 1. The van der Waals surface area contributed by atoms with Crippen molar-refractivity contribution in [2.24, 2.45) is 5.92 Å². The van der Waals surface area contributed by atoms with Gasteiger partial charge < -0.3 is 14.3 Å². The second-order valence-electron chi connectivity index (χ2n) is 12.0. The third kappa shape index (κ3) is 17.6. The van der Waals surface area contributed by atoms with Crippen LogP contribution < -0.4 is 10.4 Å². The quantitative estimate of drug-likeness (QED) is 0.106. The van der Waals surface area contributed by atoms with Gasteiger partial charge in [0, 0.05) is 0 Å². The Morgan fingerprint density at radius 1 is 0.683 bits per heavy atom. The van der Waals surface area contributed by atoms with Gasteiger partial charge in [-0.15, -0.1) is 0 Å². The van der Waals surface area contributed by atoms with Gasteiger partial charge in [-0.3, -0.25) is 0 Å². The molecule has 1 heterocycles. The SMILES string of the molecule is CCCCC(CC)CC.CCCCCCCCCCCCCCCCCCOc1cc2c(O)cc(=O)oc2cc1C. The average molecular weight is 573 g/mol. The van der Waals surface area contributed by atoms with Gasteiger partial charge in [0.2, 0.25) is 0 Å². The molecule has 0 amide bonds. The van der Waals surface area contributed by atoms with Crippen molar-refractivity contribution in [1.29, 1.82) is 0 Å². The molecule has 0 aliphatic carbocycles. The molecule has 0 spiro atoms. The van der Waals surface area contributed by atoms with Gasteiger partial charge in [-0.2, -0.15) is 0 Å². The first-order valence-electron chi connectivity index (χ1n) is 17.4. The largest absolute Gasteiger partial charge is 0.507 e. The van der Waals surface area contributed by atoms with E-state index in [0.717, 1.165) is 29.7 Å². The van der Waals surface area contributed by atoms with E-state index in [2.05, 4.69) is 27.7 Å². The Hall–Kier alpha value is -1.97. The van der Waals surface area contributed by atoms with E-state index < -0.39 is 5.63 Å². The topological polar surface area (TPSA) is 59.7 Å². The highest BCUT2D eigenvalue weighted by molar-refractivity contribution is 5.85. The van der Waals surface area contributed by atoms with E-state index >= 15 is 0 Å². The molecule has 0 fully saturated rings. The maximum atomic E-state index is 11.4. The van der Waals surface area contributed by atoms with Crippen molar-refractivity contribution >= 4 is 11.0 Å². The molecular formula is C37H64O4. The number of aryl methyl sites for hydroxylation is 1. The zero-order valence-corrected chi connectivity index (χ0v) is 27.5. The van der Waals surface area contributed by atoms with Gasteiger partial charge in [-0.05, 0) is 37.0 Å². The number of rotatable bonds is 23. The molecule has 0 aliphatic rings. The molecule has 0 radical (unpaired) electrons. The highest BCUT2D eigenvalue weighted by atomic mass is 16.5. The van der Waals surface area contributed by atoms with E-state index in [0.29, 0.717) is 17.6 Å². The Kier molecular flexibility index (Phi) is 22.2. The predicted molar refractivity (Wildman–Crippen MR) is 178 cm³/mol. The maximum Gasteiger partial charge on any atom is 0.339 e. The molecule has 4 heteroatoms. The van der Waals surface area contributed by atoms with Gasteiger partial charge in [-0.25, -0.2) is 4.79 Å². The summed E-state index contributed by atoms with van der Waals surface area (Å²) in [4.78, 5) is 11.4. The van der Waals surface area contributed by atoms with Crippen molar-refractivity contribution in [3.05, 3.63) is 34.2 Å². The zero-order valence-electron chi connectivity index (χ0n) is 27.5. The Labute approximate surface area is 252 Å². The van der Waals surface area contributed by atoms with Crippen molar-refractivity contribution < 1.29 is 14.3 Å². The van der Waals surface area contributed by atoms with Crippen LogP contribution in [0.25, 0.3) is 11.0 Å². The summed E-state index contributed by atoms with van der Waals surface area (Å²) >= 11 is 0. The molecule has 0 saturated heterocycles. The van der Waals surface area contributed by atoms with Crippen molar-refractivity contribution in [1.82, 2.24) is 0 Å². The number of ether oxygens (including phenoxy) is 1. The molecule has 0 unspecified atom stereocenters. The second kappa shape index (κ2) is 24.6. The van der Waals surface area contributed by atoms with Gasteiger partial charge in [-0.1, -0.05) is 156 Å². The van der Waals surface area contributed by atoms with Crippen LogP contribution in [-0.2, 0) is 0 Å². The van der Waals surface area contributed by atoms with E-state index in [9.17, 15) is 9.90 Å². The van der Waals surface area contributed by atoms with Gasteiger partial charge in [0.25, 0.3) is 0 Å². The first-order chi connectivity index (χ1) is 20.0. The number of aromatic hydroxyl groups is 1. The average Bonchev–Trinajstić information content (AvgIpc) is 2.96. The number of hydrogen-bond donors (Lipinski definition) is 1. The summed E-state index contributed by atoms with van der Waals surface area (Å²) in [5.41, 5.74) is 0.751. The molecule has 1 aromatic carbocycles. The lowest BCUT2D eigenvalue weighted by molar-refractivity contribution is 0.302. The molecule has 0 aliphatic heterocycles. The number of benzene rings is 1. The molecule has 2 aromatic rings. The summed E-state index contributed by atoms with van der Waals surface area (Å²) in [5, 5.41) is 10.5. The molecular weight excluding hydrogens is 508 g/mol. The highest BCUT2D eigenvalue weighted by Gasteiger charge is 2.09. The molecule has 1 N–H and O–H groups in total. The summed E-state index contributed by atoms with van der Waals surface area (Å²) in [6.07, 6.45) is 28.6. The molecule has 0 atom stereocenters. The summed E-state index contributed by atoms with van der Waals surface area (Å²) < 4.78 is 11.1. The Morgan fingerprint density at radius 2 is 1.17 bits per heavy atom. The van der Waals surface area contributed by atoms with Crippen LogP contribution in [0.2, 0.25) is 0 Å². The Bertz CT molecular complexity index is 944. The standard InChI is InChI=1S/C28H44O4.C9H20/c1-3-4-5-6-7-8-9-10-11-12-13-14-15-16-17-18-19-31-26-21-24-25(29)22-28(30)32-27(24)20-23(26)2;1-4-7-8-9(5-2)6-3/h20-22,29H,3-19H2,1-2H3;9H,4-8H2,1-3H3. The summed E-state index contributed by atoms with van der Waals surface area (Å²) in [5.74, 6) is 1.68. The van der Waals surface area contributed by atoms with Gasteiger partial charge in [0.15, 0.2) is 0 Å². The van der Waals surface area contributed by atoms with Crippen LogP contribution in [0.1, 0.15) is 168 Å². The second-order valence-corrected chi connectivity index (χ2v) is 12.0. The molecule has 236 valence electrons. The van der Waals surface area contributed by atoms with Gasteiger partial charge in [0.1, 0.15) is 17.1 Å². The van der Waals surface area contributed by atoms with E-state index in [4.69, 9.17) is 9.15 Å². The fourth-order valence-electron chi connectivity index (χ4n) is 5.45.